The number of carbonyl (C=O) groups excluding carboxylic acids is 1. The molecule has 0 saturated carbocycles. The highest BCUT2D eigenvalue weighted by Crippen LogP contribution is 2.20. The molecule has 0 aliphatic heterocycles. The zero-order chi connectivity index (χ0) is 11.7. The van der Waals surface area contributed by atoms with Gasteiger partial charge in [0.1, 0.15) is 11.3 Å². The summed E-state index contributed by atoms with van der Waals surface area (Å²) in [6.07, 6.45) is 0.549. The van der Waals surface area contributed by atoms with Crippen LogP contribution in [-0.2, 0) is 7.05 Å². The molecule has 0 fully saturated rings. The predicted octanol–water partition coefficient (Wildman–Crippen LogP) is 0.755. The van der Waals surface area contributed by atoms with Crippen LogP contribution in [-0.4, -0.2) is 22.9 Å². The molecule has 2 aromatic rings. The Hall–Kier alpha value is -2.17. The van der Waals surface area contributed by atoms with E-state index in [2.05, 4.69) is 4.98 Å². The Balaban J connectivity index is 2.98. The topological polar surface area (TPSA) is 61.2 Å². The highest BCUT2D eigenvalue weighted by Gasteiger charge is 2.10. The average Bonchev–Trinajstić information content (AvgIpc) is 2.33. The predicted molar refractivity (Wildman–Crippen MR) is 58.9 cm³/mol. The van der Waals surface area contributed by atoms with E-state index in [1.165, 1.54) is 18.7 Å². The second-order valence-electron chi connectivity index (χ2n) is 3.31. The molecule has 0 saturated heterocycles. The van der Waals surface area contributed by atoms with Crippen LogP contribution in [0.15, 0.2) is 23.0 Å². The molecule has 0 radical (unpaired) electrons. The number of fused-ring (bicyclic) bond motifs is 1. The molecule has 1 aromatic carbocycles. The number of methoxy groups -OCH3 is 1. The maximum atomic E-state index is 11.9. The molecule has 0 aliphatic carbocycles. The van der Waals surface area contributed by atoms with Crippen molar-refractivity contribution >= 4 is 17.2 Å². The molecule has 0 aliphatic rings. The molecule has 0 atom stereocenters. The molecule has 16 heavy (non-hydrogen) atoms. The fraction of sp³-hybridized carbons (Fsp3) is 0.182. The number of benzene rings is 1. The van der Waals surface area contributed by atoms with Gasteiger partial charge in [-0.2, -0.15) is 0 Å². The summed E-state index contributed by atoms with van der Waals surface area (Å²) in [7, 11) is 3.01. The van der Waals surface area contributed by atoms with Crippen molar-refractivity contribution in [1.82, 2.24) is 9.55 Å². The zero-order valence-corrected chi connectivity index (χ0v) is 8.93. The maximum Gasteiger partial charge on any atom is 0.261 e. The molecule has 0 unspecified atom stereocenters. The smallest absolute Gasteiger partial charge is 0.261 e. The van der Waals surface area contributed by atoms with Gasteiger partial charge in [-0.3, -0.25) is 14.2 Å². The van der Waals surface area contributed by atoms with Gasteiger partial charge in [-0.15, -0.1) is 0 Å². The standard InChI is InChI=1S/C11H10N2O3/c1-13-9(6-14)12-10-7(11(13)15)4-3-5-8(10)16-2/h3-6H,1-2H3. The minimum atomic E-state index is -0.258. The fourth-order valence-electron chi connectivity index (χ4n) is 1.55. The highest BCUT2D eigenvalue weighted by molar-refractivity contribution is 5.86. The van der Waals surface area contributed by atoms with Crippen molar-refractivity contribution in [3.8, 4) is 5.75 Å². The summed E-state index contributed by atoms with van der Waals surface area (Å²) in [5.41, 5.74) is 0.154. The lowest BCUT2D eigenvalue weighted by atomic mass is 10.2. The summed E-state index contributed by atoms with van der Waals surface area (Å²) >= 11 is 0. The molecule has 1 aromatic heterocycles. The van der Waals surface area contributed by atoms with Crippen LogP contribution in [0.2, 0.25) is 0 Å². The Morgan fingerprint density at radius 1 is 1.44 bits per heavy atom. The Labute approximate surface area is 91.3 Å². The second-order valence-corrected chi connectivity index (χ2v) is 3.31. The van der Waals surface area contributed by atoms with Gasteiger partial charge in [0.05, 0.1) is 12.5 Å². The third-order valence-corrected chi connectivity index (χ3v) is 2.43. The number of para-hydroxylation sites is 1. The van der Waals surface area contributed by atoms with Gasteiger partial charge < -0.3 is 4.74 Å². The van der Waals surface area contributed by atoms with Crippen LogP contribution in [0.4, 0.5) is 0 Å². The van der Waals surface area contributed by atoms with E-state index >= 15 is 0 Å². The van der Waals surface area contributed by atoms with Crippen LogP contribution in [0.1, 0.15) is 10.6 Å². The Bertz CT molecular complexity index is 616. The molecule has 5 heteroatoms. The average molecular weight is 218 g/mol. The van der Waals surface area contributed by atoms with E-state index in [0.717, 1.165) is 0 Å². The van der Waals surface area contributed by atoms with Crippen LogP contribution in [0, 0.1) is 0 Å². The Morgan fingerprint density at radius 2 is 2.19 bits per heavy atom. The van der Waals surface area contributed by atoms with Gasteiger partial charge in [0.15, 0.2) is 12.1 Å². The van der Waals surface area contributed by atoms with Gasteiger partial charge in [0.25, 0.3) is 5.56 Å². The number of rotatable bonds is 2. The van der Waals surface area contributed by atoms with Gasteiger partial charge in [0, 0.05) is 7.05 Å². The summed E-state index contributed by atoms with van der Waals surface area (Å²) in [5, 5.41) is 0.437. The number of carbonyl (C=O) groups is 1. The first kappa shape index (κ1) is 10.4. The van der Waals surface area contributed by atoms with E-state index in [9.17, 15) is 9.59 Å². The summed E-state index contributed by atoms with van der Waals surface area (Å²) < 4.78 is 6.31. The minimum Gasteiger partial charge on any atom is -0.494 e. The quantitative estimate of drug-likeness (QED) is 0.698. The SMILES string of the molecule is COc1cccc2c(=O)n(C)c(C=O)nc12. The van der Waals surface area contributed by atoms with E-state index in [4.69, 9.17) is 4.74 Å². The Morgan fingerprint density at radius 3 is 2.81 bits per heavy atom. The molecule has 82 valence electrons. The lowest BCUT2D eigenvalue weighted by Gasteiger charge is -2.07. The van der Waals surface area contributed by atoms with E-state index in [1.807, 2.05) is 0 Å². The van der Waals surface area contributed by atoms with Crippen molar-refractivity contribution in [2.75, 3.05) is 7.11 Å². The van der Waals surface area contributed by atoms with Crippen LogP contribution in [0.3, 0.4) is 0 Å². The molecule has 0 spiro atoms. The van der Waals surface area contributed by atoms with Crippen molar-refractivity contribution in [3.63, 3.8) is 0 Å². The second kappa shape index (κ2) is 3.77. The number of nitrogens with zero attached hydrogens (tertiary/aromatic N) is 2. The van der Waals surface area contributed by atoms with E-state index in [-0.39, 0.29) is 11.4 Å². The first-order valence-corrected chi connectivity index (χ1v) is 4.68. The summed E-state index contributed by atoms with van der Waals surface area (Å²) in [4.78, 5) is 26.7. The lowest BCUT2D eigenvalue weighted by molar-refractivity contribution is 0.111. The van der Waals surface area contributed by atoms with Gasteiger partial charge in [-0.25, -0.2) is 4.98 Å². The van der Waals surface area contributed by atoms with Crippen molar-refractivity contribution in [3.05, 3.63) is 34.4 Å². The van der Waals surface area contributed by atoms with Gasteiger partial charge >= 0.3 is 0 Å². The molecule has 0 amide bonds. The van der Waals surface area contributed by atoms with Crippen LogP contribution in [0.25, 0.3) is 10.9 Å². The number of hydrogen-bond donors (Lipinski definition) is 0. The molecule has 1 heterocycles. The first-order chi connectivity index (χ1) is 7.69. The molecule has 0 bridgehead atoms. The fourth-order valence-corrected chi connectivity index (χ4v) is 1.55. The maximum absolute atomic E-state index is 11.9. The minimum absolute atomic E-state index is 0.0852. The first-order valence-electron chi connectivity index (χ1n) is 4.68. The van der Waals surface area contributed by atoms with Gasteiger partial charge in [-0.05, 0) is 12.1 Å². The monoisotopic (exact) mass is 218 g/mol. The molecule has 2 rings (SSSR count). The van der Waals surface area contributed by atoms with Gasteiger partial charge in [0.2, 0.25) is 0 Å². The molecular formula is C11H10N2O3. The largest absolute Gasteiger partial charge is 0.494 e. The van der Waals surface area contributed by atoms with Crippen LogP contribution < -0.4 is 10.3 Å². The van der Waals surface area contributed by atoms with Crippen molar-refractivity contribution in [2.24, 2.45) is 7.05 Å². The molecule has 5 nitrogen and oxygen atoms in total. The van der Waals surface area contributed by atoms with E-state index in [0.29, 0.717) is 22.9 Å². The lowest BCUT2D eigenvalue weighted by Crippen LogP contribution is -2.22. The highest BCUT2D eigenvalue weighted by atomic mass is 16.5. The number of hydrogen-bond acceptors (Lipinski definition) is 4. The number of aromatic nitrogens is 2. The van der Waals surface area contributed by atoms with Gasteiger partial charge in [-0.1, -0.05) is 6.07 Å². The van der Waals surface area contributed by atoms with Crippen molar-refractivity contribution in [2.45, 2.75) is 0 Å². The summed E-state index contributed by atoms with van der Waals surface area (Å²) in [6.45, 7) is 0. The zero-order valence-electron chi connectivity index (χ0n) is 8.93. The van der Waals surface area contributed by atoms with Crippen LogP contribution in [0.5, 0.6) is 5.75 Å². The number of aldehydes is 1. The van der Waals surface area contributed by atoms with E-state index in [1.54, 1.807) is 18.2 Å². The van der Waals surface area contributed by atoms with Crippen LogP contribution >= 0.6 is 0 Å². The number of ether oxygens (including phenoxy) is 1. The van der Waals surface area contributed by atoms with E-state index < -0.39 is 0 Å². The Kier molecular flexibility index (Phi) is 2.44. The summed E-state index contributed by atoms with van der Waals surface area (Å²) in [6, 6.07) is 5.07. The third-order valence-electron chi connectivity index (χ3n) is 2.43. The molecule has 0 N–H and O–H groups in total. The normalized spacial score (nSPS) is 10.4. The van der Waals surface area contributed by atoms with Crippen molar-refractivity contribution in [1.29, 1.82) is 0 Å². The molecular weight excluding hydrogens is 208 g/mol. The summed E-state index contributed by atoms with van der Waals surface area (Å²) in [5.74, 6) is 0.570. The third kappa shape index (κ3) is 1.37. The van der Waals surface area contributed by atoms with Crippen molar-refractivity contribution < 1.29 is 9.53 Å².